The Morgan fingerprint density at radius 3 is 1.81 bits per heavy atom. The van der Waals surface area contributed by atoms with Crippen LogP contribution in [0.2, 0.25) is 0 Å². The SMILES string of the molecule is Cc1cc(C(C)(C)C)cc(COC(=O)CC(C)C)c1COC(=O)CC(C)C. The van der Waals surface area contributed by atoms with Gasteiger partial charge < -0.3 is 9.47 Å². The van der Waals surface area contributed by atoms with Crippen LogP contribution in [-0.4, -0.2) is 11.9 Å². The van der Waals surface area contributed by atoms with Crippen LogP contribution in [0.1, 0.15) is 83.6 Å². The average molecular weight is 377 g/mol. The third kappa shape index (κ3) is 8.15. The maximum Gasteiger partial charge on any atom is 0.306 e. The highest BCUT2D eigenvalue weighted by molar-refractivity contribution is 5.70. The van der Waals surface area contributed by atoms with Crippen molar-refractivity contribution in [1.82, 2.24) is 0 Å². The van der Waals surface area contributed by atoms with Gasteiger partial charge in [-0.25, -0.2) is 0 Å². The van der Waals surface area contributed by atoms with Crippen molar-refractivity contribution < 1.29 is 19.1 Å². The van der Waals surface area contributed by atoms with E-state index in [-0.39, 0.29) is 42.4 Å². The van der Waals surface area contributed by atoms with Gasteiger partial charge in [-0.15, -0.1) is 0 Å². The first-order valence-electron chi connectivity index (χ1n) is 9.84. The van der Waals surface area contributed by atoms with Gasteiger partial charge in [0.25, 0.3) is 0 Å². The monoisotopic (exact) mass is 376 g/mol. The lowest BCUT2D eigenvalue weighted by Crippen LogP contribution is -2.16. The molecule has 0 unspecified atom stereocenters. The molecule has 0 saturated carbocycles. The minimum absolute atomic E-state index is 0.0195. The Morgan fingerprint density at radius 2 is 1.37 bits per heavy atom. The quantitative estimate of drug-likeness (QED) is 0.564. The van der Waals surface area contributed by atoms with Gasteiger partial charge in [-0.2, -0.15) is 0 Å². The van der Waals surface area contributed by atoms with Crippen molar-refractivity contribution >= 4 is 11.9 Å². The molecule has 152 valence electrons. The molecular formula is C23H36O4. The van der Waals surface area contributed by atoms with Gasteiger partial charge in [0.15, 0.2) is 0 Å². The summed E-state index contributed by atoms with van der Waals surface area (Å²) in [6, 6.07) is 4.20. The largest absolute Gasteiger partial charge is 0.461 e. The molecular weight excluding hydrogens is 340 g/mol. The first-order valence-corrected chi connectivity index (χ1v) is 9.84. The van der Waals surface area contributed by atoms with Crippen LogP contribution in [0.3, 0.4) is 0 Å². The number of ether oxygens (including phenoxy) is 2. The van der Waals surface area contributed by atoms with E-state index in [0.29, 0.717) is 12.8 Å². The van der Waals surface area contributed by atoms with E-state index < -0.39 is 0 Å². The molecule has 0 N–H and O–H groups in total. The molecule has 0 fully saturated rings. The molecule has 0 atom stereocenters. The van der Waals surface area contributed by atoms with E-state index in [1.807, 2.05) is 34.6 Å². The molecule has 0 heterocycles. The topological polar surface area (TPSA) is 52.6 Å². The van der Waals surface area contributed by atoms with Crippen LogP contribution in [0.5, 0.6) is 0 Å². The van der Waals surface area contributed by atoms with Crippen LogP contribution in [0, 0.1) is 18.8 Å². The summed E-state index contributed by atoms with van der Waals surface area (Å²) < 4.78 is 11.0. The first kappa shape index (κ1) is 23.2. The Hall–Kier alpha value is -1.84. The molecule has 0 radical (unpaired) electrons. The van der Waals surface area contributed by atoms with Crippen molar-refractivity contribution in [2.75, 3.05) is 0 Å². The number of rotatable bonds is 8. The third-order valence-corrected chi connectivity index (χ3v) is 4.35. The number of aryl methyl sites for hydroxylation is 1. The Labute approximate surface area is 164 Å². The van der Waals surface area contributed by atoms with Gasteiger partial charge >= 0.3 is 11.9 Å². The average Bonchev–Trinajstić information content (AvgIpc) is 2.49. The van der Waals surface area contributed by atoms with E-state index in [9.17, 15) is 9.59 Å². The van der Waals surface area contributed by atoms with Crippen molar-refractivity contribution in [3.63, 3.8) is 0 Å². The van der Waals surface area contributed by atoms with E-state index in [1.54, 1.807) is 0 Å². The van der Waals surface area contributed by atoms with Gasteiger partial charge in [-0.05, 0) is 46.4 Å². The van der Waals surface area contributed by atoms with Crippen molar-refractivity contribution in [3.8, 4) is 0 Å². The number of hydrogen-bond acceptors (Lipinski definition) is 4. The summed E-state index contributed by atoms with van der Waals surface area (Å²) in [5.41, 5.74) is 4.04. The highest BCUT2D eigenvalue weighted by Crippen LogP contribution is 2.28. The molecule has 0 aliphatic rings. The number of carbonyl (C=O) groups excluding carboxylic acids is 2. The van der Waals surface area contributed by atoms with Crippen molar-refractivity contribution in [2.45, 2.75) is 86.9 Å². The molecule has 0 bridgehead atoms. The fourth-order valence-electron chi connectivity index (χ4n) is 2.75. The predicted octanol–water partition coefficient (Wildman–Crippen LogP) is 5.47. The zero-order valence-corrected chi connectivity index (χ0v) is 18.3. The molecule has 4 heteroatoms. The molecule has 0 aromatic heterocycles. The van der Waals surface area contributed by atoms with E-state index in [2.05, 4.69) is 32.9 Å². The summed E-state index contributed by atoms with van der Waals surface area (Å²) in [7, 11) is 0. The van der Waals surface area contributed by atoms with Crippen LogP contribution in [-0.2, 0) is 37.7 Å². The predicted molar refractivity (Wildman–Crippen MR) is 108 cm³/mol. The van der Waals surface area contributed by atoms with Gasteiger partial charge in [0.2, 0.25) is 0 Å². The minimum atomic E-state index is -0.202. The van der Waals surface area contributed by atoms with Gasteiger partial charge in [-0.3, -0.25) is 9.59 Å². The second kappa shape index (κ2) is 9.91. The van der Waals surface area contributed by atoms with Gasteiger partial charge in [0.1, 0.15) is 13.2 Å². The Morgan fingerprint density at radius 1 is 0.889 bits per heavy atom. The summed E-state index contributed by atoms with van der Waals surface area (Å²) in [6.07, 6.45) is 0.800. The normalized spacial score (nSPS) is 11.8. The summed E-state index contributed by atoms with van der Waals surface area (Å²) in [5.74, 6) is 0.119. The molecule has 1 aromatic rings. The van der Waals surface area contributed by atoms with Crippen LogP contribution in [0.25, 0.3) is 0 Å². The Balaban J connectivity index is 3.04. The highest BCUT2D eigenvalue weighted by atomic mass is 16.5. The molecule has 27 heavy (non-hydrogen) atoms. The van der Waals surface area contributed by atoms with Gasteiger partial charge in [0.05, 0.1) is 0 Å². The van der Waals surface area contributed by atoms with E-state index in [1.165, 1.54) is 5.56 Å². The van der Waals surface area contributed by atoms with E-state index >= 15 is 0 Å². The summed E-state index contributed by atoms with van der Waals surface area (Å²) >= 11 is 0. The highest BCUT2D eigenvalue weighted by Gasteiger charge is 2.19. The lowest BCUT2D eigenvalue weighted by molar-refractivity contribution is -0.147. The van der Waals surface area contributed by atoms with Crippen LogP contribution in [0.4, 0.5) is 0 Å². The van der Waals surface area contributed by atoms with E-state index in [0.717, 1.165) is 16.7 Å². The standard InChI is InChI=1S/C23H36O4/c1-15(2)9-21(24)26-13-18-12-19(23(6,7)8)11-17(5)20(18)14-27-22(25)10-16(3)4/h11-12,15-16H,9-10,13-14H2,1-8H3. The molecule has 0 spiro atoms. The second-order valence-corrected chi connectivity index (χ2v) is 9.20. The Bertz CT molecular complexity index is 651. The van der Waals surface area contributed by atoms with Gasteiger partial charge in [-0.1, -0.05) is 60.6 Å². The smallest absolute Gasteiger partial charge is 0.306 e. The van der Waals surface area contributed by atoms with Crippen LogP contribution < -0.4 is 0 Å². The number of hydrogen-bond donors (Lipinski definition) is 0. The second-order valence-electron chi connectivity index (χ2n) is 9.20. The zero-order chi connectivity index (χ0) is 20.8. The van der Waals surface area contributed by atoms with Gasteiger partial charge in [0, 0.05) is 12.8 Å². The Kier molecular flexibility index (Phi) is 8.52. The lowest BCUT2D eigenvalue weighted by Gasteiger charge is -2.23. The third-order valence-electron chi connectivity index (χ3n) is 4.35. The lowest BCUT2D eigenvalue weighted by atomic mass is 9.83. The van der Waals surface area contributed by atoms with E-state index in [4.69, 9.17) is 9.47 Å². The van der Waals surface area contributed by atoms with Crippen molar-refractivity contribution in [3.05, 3.63) is 34.4 Å². The van der Waals surface area contributed by atoms with Crippen molar-refractivity contribution in [2.24, 2.45) is 11.8 Å². The van der Waals surface area contributed by atoms with Crippen molar-refractivity contribution in [1.29, 1.82) is 0 Å². The molecule has 4 nitrogen and oxygen atoms in total. The molecule has 0 aliphatic carbocycles. The summed E-state index contributed by atoms with van der Waals surface area (Å²) in [4.78, 5) is 23.9. The number of esters is 2. The molecule has 1 rings (SSSR count). The molecule has 1 aromatic carbocycles. The summed E-state index contributed by atoms with van der Waals surface area (Å²) in [5, 5.41) is 0. The fourth-order valence-corrected chi connectivity index (χ4v) is 2.75. The summed E-state index contributed by atoms with van der Waals surface area (Å²) in [6.45, 7) is 16.8. The fraction of sp³-hybridized carbons (Fsp3) is 0.652. The molecule has 0 saturated heterocycles. The maximum absolute atomic E-state index is 12.0. The van der Waals surface area contributed by atoms with Crippen LogP contribution in [0.15, 0.2) is 12.1 Å². The maximum atomic E-state index is 12.0. The van der Waals surface area contributed by atoms with Crippen LogP contribution >= 0.6 is 0 Å². The molecule has 0 amide bonds. The number of benzene rings is 1. The first-order chi connectivity index (χ1) is 12.4. The minimum Gasteiger partial charge on any atom is -0.461 e. The number of carbonyl (C=O) groups is 2. The molecule has 0 aliphatic heterocycles. The zero-order valence-electron chi connectivity index (χ0n) is 18.3.